The molecular weight excluding hydrogens is 336 g/mol. The van der Waals surface area contributed by atoms with Gasteiger partial charge in [-0.15, -0.1) is 0 Å². The second kappa shape index (κ2) is 4.18. The van der Waals surface area contributed by atoms with Crippen molar-refractivity contribution in [3.05, 3.63) is 33.4 Å². The Balaban J connectivity index is 2.32. The van der Waals surface area contributed by atoms with E-state index in [1.54, 1.807) is 0 Å². The molecule has 16 heavy (non-hydrogen) atoms. The van der Waals surface area contributed by atoms with Crippen LogP contribution in [0, 0.1) is 8.99 Å². The Morgan fingerprint density at radius 3 is 2.50 bits per heavy atom. The zero-order valence-electron chi connectivity index (χ0n) is 9.63. The number of carbonyl (C=O) groups is 1. The third-order valence-electron chi connectivity index (χ3n) is 2.28. The first-order valence-corrected chi connectivity index (χ1v) is 9.95. The maximum absolute atomic E-state index is 12.2. The number of rotatable bonds is 1. The first kappa shape index (κ1) is 12.2. The van der Waals surface area contributed by atoms with Crippen molar-refractivity contribution in [2.45, 2.75) is 20.8 Å². The average molecular weight is 352 g/mol. The number of carbonyl (C=O) groups excluding carboxylic acids is 1. The second-order valence-electron chi connectivity index (χ2n) is 5.09. The number of fused-ring (bicyclic) bond motifs is 1. The molecule has 0 aliphatic carbocycles. The molecule has 0 N–H and O–H groups in total. The first-order valence-electron chi connectivity index (χ1n) is 5.18. The molecule has 0 saturated heterocycles. The van der Waals surface area contributed by atoms with Gasteiger partial charge in [-0.2, -0.15) is 0 Å². The summed E-state index contributed by atoms with van der Waals surface area (Å²) in [6.45, 7) is 7.13. The Morgan fingerprint density at radius 2 is 1.94 bits per heavy atom. The Kier molecular flexibility index (Phi) is 3.18. The third-order valence-corrected chi connectivity index (χ3v) is 8.05. The molecule has 1 aliphatic heterocycles. The van der Waals surface area contributed by atoms with Crippen LogP contribution < -0.4 is 0 Å². The van der Waals surface area contributed by atoms with Gasteiger partial charge < -0.3 is 0 Å². The van der Waals surface area contributed by atoms with E-state index < -0.39 is 19.0 Å². The normalized spacial score (nSPS) is 17.9. The monoisotopic (exact) mass is 351 g/mol. The molecule has 1 aliphatic rings. The summed E-state index contributed by atoms with van der Waals surface area (Å²) < 4.78 is 2.98. The SMILES string of the molecule is CC(C)(C)CN1C(=O)c2ccccc2I1Cl. The summed E-state index contributed by atoms with van der Waals surface area (Å²) >= 11 is -1.95. The third kappa shape index (κ3) is 2.20. The zero-order valence-corrected chi connectivity index (χ0v) is 12.5. The predicted molar refractivity (Wildman–Crippen MR) is 75.5 cm³/mol. The summed E-state index contributed by atoms with van der Waals surface area (Å²) in [5.74, 6) is 0.116. The van der Waals surface area contributed by atoms with Crippen LogP contribution in [-0.2, 0) is 0 Å². The Labute approximate surface area is 107 Å². The molecule has 0 spiro atoms. The molecular formula is C12H15ClINO. The fraction of sp³-hybridized carbons (Fsp3) is 0.417. The first-order chi connectivity index (χ1) is 7.40. The Hall–Kier alpha value is -0.290. The van der Waals surface area contributed by atoms with Crippen LogP contribution in [0.25, 0.3) is 0 Å². The molecule has 1 aromatic carbocycles. The molecule has 1 aromatic rings. The maximum atomic E-state index is 12.2. The van der Waals surface area contributed by atoms with Gasteiger partial charge in [-0.05, 0) is 0 Å². The molecule has 0 saturated carbocycles. The Bertz CT molecular complexity index is 427. The fourth-order valence-electron chi connectivity index (χ4n) is 1.62. The molecule has 1 heterocycles. The summed E-state index contributed by atoms with van der Waals surface area (Å²) in [4.78, 5) is 12.2. The number of hydrogen-bond acceptors (Lipinski definition) is 1. The molecule has 0 unspecified atom stereocenters. The standard InChI is InChI=1S/C12H15ClINO/c1-12(2,3)8-15-11(16)9-6-4-5-7-10(9)14(15)13/h4-7H,8H2,1-3H3. The van der Waals surface area contributed by atoms with Gasteiger partial charge in [0.15, 0.2) is 0 Å². The van der Waals surface area contributed by atoms with Crippen LogP contribution in [0.1, 0.15) is 31.1 Å². The van der Waals surface area contributed by atoms with Crippen LogP contribution in [0.5, 0.6) is 0 Å². The van der Waals surface area contributed by atoms with E-state index >= 15 is 0 Å². The summed E-state index contributed by atoms with van der Waals surface area (Å²) in [6, 6.07) is 7.73. The van der Waals surface area contributed by atoms with Crippen LogP contribution in [0.2, 0.25) is 0 Å². The van der Waals surface area contributed by atoms with Crippen LogP contribution in [-0.4, -0.2) is 15.6 Å². The van der Waals surface area contributed by atoms with Gasteiger partial charge in [0.1, 0.15) is 0 Å². The second-order valence-corrected chi connectivity index (χ2v) is 10.5. The van der Waals surface area contributed by atoms with Crippen molar-refractivity contribution in [1.29, 1.82) is 0 Å². The van der Waals surface area contributed by atoms with Gasteiger partial charge in [-0.25, -0.2) is 0 Å². The van der Waals surface area contributed by atoms with Gasteiger partial charge >= 0.3 is 108 Å². The molecule has 2 rings (SSSR count). The molecule has 4 heteroatoms. The molecule has 2 nitrogen and oxygen atoms in total. The fourth-order valence-corrected chi connectivity index (χ4v) is 7.14. The zero-order chi connectivity index (χ0) is 11.9. The van der Waals surface area contributed by atoms with Crippen molar-refractivity contribution in [2.75, 3.05) is 6.54 Å². The van der Waals surface area contributed by atoms with Gasteiger partial charge in [-0.1, -0.05) is 0 Å². The minimum atomic E-state index is -1.95. The number of halogens is 2. The Morgan fingerprint density at radius 1 is 1.31 bits per heavy atom. The van der Waals surface area contributed by atoms with Gasteiger partial charge in [0.2, 0.25) is 0 Å². The van der Waals surface area contributed by atoms with Crippen LogP contribution in [0.4, 0.5) is 0 Å². The minimum absolute atomic E-state index is 0.0995. The van der Waals surface area contributed by atoms with E-state index in [0.29, 0.717) is 0 Å². The number of hydrogen-bond donors (Lipinski definition) is 0. The van der Waals surface area contributed by atoms with Gasteiger partial charge in [0.25, 0.3) is 0 Å². The van der Waals surface area contributed by atoms with Crippen LogP contribution >= 0.6 is 27.9 Å². The quantitative estimate of drug-likeness (QED) is 0.554. The number of amides is 1. The van der Waals surface area contributed by atoms with E-state index in [0.717, 1.165) is 15.7 Å². The van der Waals surface area contributed by atoms with Crippen LogP contribution in [0.15, 0.2) is 24.3 Å². The molecule has 88 valence electrons. The van der Waals surface area contributed by atoms with E-state index in [2.05, 4.69) is 20.8 Å². The van der Waals surface area contributed by atoms with Gasteiger partial charge in [0, 0.05) is 0 Å². The van der Waals surface area contributed by atoms with Crippen molar-refractivity contribution in [3.63, 3.8) is 0 Å². The summed E-state index contributed by atoms with van der Waals surface area (Å²) in [7, 11) is 6.47. The molecule has 0 atom stereocenters. The van der Waals surface area contributed by atoms with Crippen molar-refractivity contribution in [2.24, 2.45) is 5.41 Å². The number of nitrogens with zero attached hydrogens (tertiary/aromatic N) is 1. The van der Waals surface area contributed by atoms with Crippen molar-refractivity contribution < 1.29 is 4.79 Å². The molecule has 1 amide bonds. The van der Waals surface area contributed by atoms with Gasteiger partial charge in [0.05, 0.1) is 0 Å². The van der Waals surface area contributed by atoms with Gasteiger partial charge in [-0.3, -0.25) is 0 Å². The van der Waals surface area contributed by atoms with E-state index in [4.69, 9.17) is 8.91 Å². The van der Waals surface area contributed by atoms with Crippen molar-refractivity contribution >= 4 is 33.8 Å². The van der Waals surface area contributed by atoms with E-state index in [1.165, 1.54) is 0 Å². The van der Waals surface area contributed by atoms with E-state index in [-0.39, 0.29) is 11.3 Å². The van der Waals surface area contributed by atoms with E-state index in [1.807, 2.05) is 27.4 Å². The molecule has 0 bridgehead atoms. The molecule has 0 fully saturated rings. The van der Waals surface area contributed by atoms with Crippen molar-refractivity contribution in [3.8, 4) is 0 Å². The summed E-state index contributed by atoms with van der Waals surface area (Å²) in [5, 5.41) is 0. The number of benzene rings is 1. The molecule has 0 aromatic heterocycles. The van der Waals surface area contributed by atoms with Crippen molar-refractivity contribution in [1.82, 2.24) is 3.11 Å². The summed E-state index contributed by atoms with van der Waals surface area (Å²) in [5.41, 5.74) is 0.912. The van der Waals surface area contributed by atoms with Crippen LogP contribution in [0.3, 0.4) is 0 Å². The average Bonchev–Trinajstić information content (AvgIpc) is 2.43. The van der Waals surface area contributed by atoms with E-state index in [9.17, 15) is 4.79 Å². The molecule has 0 radical (unpaired) electrons. The predicted octanol–water partition coefficient (Wildman–Crippen LogP) is 3.93. The summed E-state index contributed by atoms with van der Waals surface area (Å²) in [6.07, 6.45) is 0. The topological polar surface area (TPSA) is 20.3 Å².